The molecule has 0 radical (unpaired) electrons. The van der Waals surface area contributed by atoms with Gasteiger partial charge in [0.25, 0.3) is 5.91 Å². The normalized spacial score (nSPS) is 11.3. The van der Waals surface area contributed by atoms with Crippen LogP contribution in [-0.4, -0.2) is 23.8 Å². The van der Waals surface area contributed by atoms with E-state index in [9.17, 15) is 14.4 Å². The summed E-state index contributed by atoms with van der Waals surface area (Å²) in [4.78, 5) is 34.3. The SMILES string of the molecule is C=C(C)C[C@@H](NC(=O)c1cccc(OC(C)=O)c1)C(N)=O. The molecule has 0 spiro atoms. The van der Waals surface area contributed by atoms with Crippen LogP contribution in [0.1, 0.15) is 30.6 Å². The van der Waals surface area contributed by atoms with Gasteiger partial charge in [0.1, 0.15) is 11.8 Å². The highest BCUT2D eigenvalue weighted by molar-refractivity contribution is 5.97. The maximum Gasteiger partial charge on any atom is 0.308 e. The lowest BCUT2D eigenvalue weighted by atomic mass is 10.1. The monoisotopic (exact) mass is 290 g/mol. The summed E-state index contributed by atoms with van der Waals surface area (Å²) in [5.41, 5.74) is 6.24. The number of hydrogen-bond donors (Lipinski definition) is 2. The largest absolute Gasteiger partial charge is 0.427 e. The van der Waals surface area contributed by atoms with Gasteiger partial charge in [0.15, 0.2) is 0 Å². The number of hydrogen-bond acceptors (Lipinski definition) is 4. The third-order valence-electron chi connectivity index (χ3n) is 2.56. The number of primary amides is 1. The van der Waals surface area contributed by atoms with Gasteiger partial charge in [0.05, 0.1) is 0 Å². The number of benzene rings is 1. The third-order valence-corrected chi connectivity index (χ3v) is 2.56. The van der Waals surface area contributed by atoms with Crippen LogP contribution in [-0.2, 0) is 9.59 Å². The van der Waals surface area contributed by atoms with E-state index in [0.717, 1.165) is 5.57 Å². The Kier molecular flexibility index (Phi) is 5.66. The van der Waals surface area contributed by atoms with Crippen molar-refractivity contribution >= 4 is 17.8 Å². The summed E-state index contributed by atoms with van der Waals surface area (Å²) < 4.78 is 4.90. The first-order chi connectivity index (χ1) is 9.79. The molecule has 0 aliphatic carbocycles. The molecule has 1 atom stereocenters. The molecule has 6 nitrogen and oxygen atoms in total. The first-order valence-electron chi connectivity index (χ1n) is 6.32. The fraction of sp³-hybridized carbons (Fsp3) is 0.267. The lowest BCUT2D eigenvalue weighted by Crippen LogP contribution is -2.44. The minimum absolute atomic E-state index is 0.255. The highest BCUT2D eigenvalue weighted by Gasteiger charge is 2.19. The Morgan fingerprint density at radius 2 is 2.00 bits per heavy atom. The van der Waals surface area contributed by atoms with Crippen molar-refractivity contribution < 1.29 is 19.1 Å². The zero-order valence-electron chi connectivity index (χ0n) is 12.0. The van der Waals surface area contributed by atoms with Crippen LogP contribution in [0.15, 0.2) is 36.4 Å². The molecule has 1 aromatic carbocycles. The lowest BCUT2D eigenvalue weighted by Gasteiger charge is -2.15. The van der Waals surface area contributed by atoms with Crippen LogP contribution in [0.4, 0.5) is 0 Å². The van der Waals surface area contributed by atoms with E-state index in [0.29, 0.717) is 0 Å². The zero-order valence-corrected chi connectivity index (χ0v) is 12.0. The van der Waals surface area contributed by atoms with E-state index in [2.05, 4.69) is 11.9 Å². The van der Waals surface area contributed by atoms with Crippen LogP contribution in [0, 0.1) is 0 Å². The van der Waals surface area contributed by atoms with Crippen molar-refractivity contribution in [3.8, 4) is 5.75 Å². The highest BCUT2D eigenvalue weighted by Crippen LogP contribution is 2.14. The van der Waals surface area contributed by atoms with Crippen LogP contribution in [0.3, 0.4) is 0 Å². The molecular formula is C15H18N2O4. The van der Waals surface area contributed by atoms with Gasteiger partial charge in [-0.15, -0.1) is 6.58 Å². The molecule has 1 aromatic rings. The smallest absolute Gasteiger partial charge is 0.308 e. The predicted molar refractivity (Wildman–Crippen MR) is 77.6 cm³/mol. The Bertz CT molecular complexity index is 581. The van der Waals surface area contributed by atoms with Crippen molar-refractivity contribution in [3.63, 3.8) is 0 Å². The van der Waals surface area contributed by atoms with E-state index in [1.165, 1.54) is 13.0 Å². The van der Waals surface area contributed by atoms with E-state index >= 15 is 0 Å². The Labute approximate surface area is 123 Å². The van der Waals surface area contributed by atoms with Gasteiger partial charge in [0, 0.05) is 12.5 Å². The number of ether oxygens (including phenoxy) is 1. The van der Waals surface area contributed by atoms with Gasteiger partial charge in [-0.2, -0.15) is 0 Å². The maximum absolute atomic E-state index is 12.1. The molecule has 0 bridgehead atoms. The van der Waals surface area contributed by atoms with Crippen molar-refractivity contribution in [2.75, 3.05) is 0 Å². The molecule has 3 N–H and O–H groups in total. The predicted octanol–water partition coefficient (Wildman–Crippen LogP) is 1.16. The first-order valence-corrected chi connectivity index (χ1v) is 6.32. The quantitative estimate of drug-likeness (QED) is 0.466. The number of amides is 2. The Hall–Kier alpha value is -2.63. The molecule has 0 unspecified atom stereocenters. The van der Waals surface area contributed by atoms with Crippen LogP contribution in [0.25, 0.3) is 0 Å². The molecule has 2 amide bonds. The molecule has 0 saturated heterocycles. The molecule has 0 aliphatic rings. The van der Waals surface area contributed by atoms with E-state index in [1.54, 1.807) is 25.1 Å². The van der Waals surface area contributed by atoms with Crippen molar-refractivity contribution in [1.82, 2.24) is 5.32 Å². The molecule has 6 heteroatoms. The molecular weight excluding hydrogens is 272 g/mol. The van der Waals surface area contributed by atoms with Gasteiger partial charge >= 0.3 is 5.97 Å². The van der Waals surface area contributed by atoms with E-state index in [4.69, 9.17) is 10.5 Å². The fourth-order valence-corrected chi connectivity index (χ4v) is 1.68. The average molecular weight is 290 g/mol. The zero-order chi connectivity index (χ0) is 16.0. The summed E-state index contributed by atoms with van der Waals surface area (Å²) in [6.45, 7) is 6.69. The van der Waals surface area contributed by atoms with Crippen molar-refractivity contribution in [1.29, 1.82) is 0 Å². The van der Waals surface area contributed by atoms with Gasteiger partial charge in [-0.1, -0.05) is 11.6 Å². The van der Waals surface area contributed by atoms with E-state index < -0.39 is 23.8 Å². The van der Waals surface area contributed by atoms with E-state index in [-0.39, 0.29) is 17.7 Å². The van der Waals surface area contributed by atoms with Gasteiger partial charge in [0.2, 0.25) is 5.91 Å². The second kappa shape index (κ2) is 7.23. The number of rotatable bonds is 6. The minimum atomic E-state index is -0.826. The van der Waals surface area contributed by atoms with Crippen LogP contribution < -0.4 is 15.8 Å². The van der Waals surface area contributed by atoms with Crippen molar-refractivity contribution in [2.24, 2.45) is 5.73 Å². The van der Waals surface area contributed by atoms with Crippen LogP contribution in [0.5, 0.6) is 5.75 Å². The van der Waals surface area contributed by atoms with Crippen LogP contribution in [0.2, 0.25) is 0 Å². The van der Waals surface area contributed by atoms with E-state index in [1.807, 2.05) is 0 Å². The summed E-state index contributed by atoms with van der Waals surface area (Å²) in [5.74, 6) is -1.34. The van der Waals surface area contributed by atoms with Crippen molar-refractivity contribution in [3.05, 3.63) is 42.0 Å². The summed E-state index contributed by atoms with van der Waals surface area (Å²) in [7, 11) is 0. The second-order valence-electron chi connectivity index (χ2n) is 4.71. The molecule has 0 saturated carbocycles. The molecule has 112 valence electrons. The average Bonchev–Trinajstić information content (AvgIpc) is 2.36. The molecule has 0 fully saturated rings. The molecule has 0 aromatic heterocycles. The van der Waals surface area contributed by atoms with Gasteiger partial charge in [-0.3, -0.25) is 14.4 Å². The summed E-state index contributed by atoms with van der Waals surface area (Å²) >= 11 is 0. The van der Waals surface area contributed by atoms with Crippen molar-refractivity contribution in [2.45, 2.75) is 26.3 Å². The summed E-state index contributed by atoms with van der Waals surface area (Å²) in [6, 6.07) is 5.26. The number of carbonyl (C=O) groups is 3. The topological polar surface area (TPSA) is 98.5 Å². The fourth-order valence-electron chi connectivity index (χ4n) is 1.68. The standard InChI is InChI=1S/C15H18N2O4/c1-9(2)7-13(14(16)19)17-15(20)11-5-4-6-12(8-11)21-10(3)18/h4-6,8,13H,1,7H2,2-3H3,(H2,16,19)(H,17,20)/t13-/m1/s1. The molecule has 0 heterocycles. The van der Waals surface area contributed by atoms with Gasteiger partial charge < -0.3 is 15.8 Å². The first kappa shape index (κ1) is 16.4. The van der Waals surface area contributed by atoms with Gasteiger partial charge in [-0.05, 0) is 31.5 Å². The molecule has 1 rings (SSSR count). The Morgan fingerprint density at radius 3 is 2.52 bits per heavy atom. The third kappa shape index (κ3) is 5.48. The number of nitrogens with one attached hydrogen (secondary N) is 1. The Morgan fingerprint density at radius 1 is 1.33 bits per heavy atom. The maximum atomic E-state index is 12.1. The summed E-state index contributed by atoms with van der Waals surface area (Å²) in [5, 5.41) is 2.53. The second-order valence-corrected chi connectivity index (χ2v) is 4.71. The lowest BCUT2D eigenvalue weighted by molar-refractivity contribution is -0.131. The Balaban J connectivity index is 2.84. The molecule has 0 aliphatic heterocycles. The number of esters is 1. The summed E-state index contributed by atoms with van der Waals surface area (Å²) in [6.07, 6.45) is 0.269. The molecule has 21 heavy (non-hydrogen) atoms. The highest BCUT2D eigenvalue weighted by atomic mass is 16.5. The van der Waals surface area contributed by atoms with Crippen LogP contribution >= 0.6 is 0 Å². The number of carbonyl (C=O) groups excluding carboxylic acids is 3. The van der Waals surface area contributed by atoms with Gasteiger partial charge in [-0.25, -0.2) is 0 Å². The minimum Gasteiger partial charge on any atom is -0.427 e. The number of nitrogens with two attached hydrogens (primary N) is 1.